The molecule has 2 aromatic carbocycles. The quantitative estimate of drug-likeness (QED) is 0.837. The van der Waals surface area contributed by atoms with Crippen molar-refractivity contribution >= 4 is 27.3 Å². The van der Waals surface area contributed by atoms with E-state index in [4.69, 9.17) is 11.6 Å². The van der Waals surface area contributed by atoms with Crippen LogP contribution in [0, 0.1) is 13.8 Å². The summed E-state index contributed by atoms with van der Waals surface area (Å²) < 4.78 is 27.3. The zero-order valence-electron chi connectivity index (χ0n) is 13.9. The van der Waals surface area contributed by atoms with Gasteiger partial charge in [-0.3, -0.25) is 0 Å². The molecule has 0 N–H and O–H groups in total. The van der Waals surface area contributed by atoms with Crippen molar-refractivity contribution in [2.24, 2.45) is 0 Å². The van der Waals surface area contributed by atoms with Crippen molar-refractivity contribution in [1.29, 1.82) is 0 Å². The summed E-state index contributed by atoms with van der Waals surface area (Å²) in [5, 5.41) is 0.719. The zero-order chi connectivity index (χ0) is 17.3. The van der Waals surface area contributed by atoms with Gasteiger partial charge >= 0.3 is 0 Å². The van der Waals surface area contributed by atoms with Gasteiger partial charge in [-0.05, 0) is 49.2 Å². The van der Waals surface area contributed by atoms with Gasteiger partial charge in [-0.1, -0.05) is 29.8 Å². The van der Waals surface area contributed by atoms with Crippen molar-refractivity contribution in [3.05, 3.63) is 58.6 Å². The number of rotatable bonds is 3. The minimum absolute atomic E-state index is 0.404. The maximum atomic E-state index is 12.9. The molecule has 0 spiro atoms. The predicted molar refractivity (Wildman–Crippen MR) is 98.3 cm³/mol. The molecule has 0 amide bonds. The molecule has 128 valence electrons. The summed E-state index contributed by atoms with van der Waals surface area (Å²) in [6.45, 7) is 6.18. The van der Waals surface area contributed by atoms with Crippen LogP contribution in [-0.4, -0.2) is 38.9 Å². The van der Waals surface area contributed by atoms with Crippen molar-refractivity contribution in [1.82, 2.24) is 4.31 Å². The fraction of sp³-hybridized carbons (Fsp3) is 0.333. The Balaban J connectivity index is 1.76. The summed E-state index contributed by atoms with van der Waals surface area (Å²) in [7, 11) is -3.43. The standard InChI is InChI=1S/C18H21ClN2O2S/c1-14-5-3-4-6-18(14)24(22,23)21-11-9-20(10-12-21)17-8-7-16(19)13-15(17)2/h3-8,13H,9-12H2,1-2H3. The average molecular weight is 365 g/mol. The van der Waals surface area contributed by atoms with Gasteiger partial charge in [0.05, 0.1) is 4.90 Å². The van der Waals surface area contributed by atoms with Gasteiger partial charge < -0.3 is 4.90 Å². The largest absolute Gasteiger partial charge is 0.369 e. The van der Waals surface area contributed by atoms with Crippen LogP contribution in [0.15, 0.2) is 47.4 Å². The second-order valence-electron chi connectivity index (χ2n) is 6.09. The number of halogens is 1. The van der Waals surface area contributed by atoms with E-state index in [1.807, 2.05) is 44.2 Å². The first-order chi connectivity index (χ1) is 11.4. The Morgan fingerprint density at radius 1 is 0.917 bits per heavy atom. The van der Waals surface area contributed by atoms with Crippen molar-refractivity contribution in [2.75, 3.05) is 31.1 Å². The number of anilines is 1. The van der Waals surface area contributed by atoms with Crippen LogP contribution in [0.3, 0.4) is 0 Å². The number of hydrogen-bond donors (Lipinski definition) is 0. The Hall–Kier alpha value is -1.56. The summed E-state index contributed by atoms with van der Waals surface area (Å²) in [6.07, 6.45) is 0. The van der Waals surface area contributed by atoms with Crippen LogP contribution >= 0.6 is 11.6 Å². The van der Waals surface area contributed by atoms with Gasteiger partial charge in [0.25, 0.3) is 0 Å². The van der Waals surface area contributed by atoms with Gasteiger partial charge in [0.15, 0.2) is 0 Å². The third-order valence-electron chi connectivity index (χ3n) is 4.45. The minimum Gasteiger partial charge on any atom is -0.369 e. The van der Waals surface area contributed by atoms with Gasteiger partial charge in [0, 0.05) is 36.9 Å². The highest BCUT2D eigenvalue weighted by molar-refractivity contribution is 7.89. The topological polar surface area (TPSA) is 40.6 Å². The maximum absolute atomic E-state index is 12.9. The molecule has 0 radical (unpaired) electrons. The van der Waals surface area contributed by atoms with Gasteiger partial charge in [0.2, 0.25) is 10.0 Å². The van der Waals surface area contributed by atoms with Crippen LogP contribution in [0.5, 0.6) is 0 Å². The normalized spacial score (nSPS) is 16.4. The lowest BCUT2D eigenvalue weighted by atomic mass is 10.1. The summed E-state index contributed by atoms with van der Waals surface area (Å²) in [5.74, 6) is 0. The van der Waals surface area contributed by atoms with Gasteiger partial charge in [0.1, 0.15) is 0 Å². The SMILES string of the molecule is Cc1cc(Cl)ccc1N1CCN(S(=O)(=O)c2ccccc2C)CC1. The molecule has 1 aliphatic rings. The van der Waals surface area contributed by atoms with Gasteiger partial charge in [-0.15, -0.1) is 0 Å². The monoisotopic (exact) mass is 364 g/mol. The van der Waals surface area contributed by atoms with Crippen LogP contribution < -0.4 is 4.90 Å². The van der Waals surface area contributed by atoms with Crippen LogP contribution in [0.25, 0.3) is 0 Å². The third-order valence-corrected chi connectivity index (χ3v) is 6.74. The van der Waals surface area contributed by atoms with Crippen LogP contribution in [0.4, 0.5) is 5.69 Å². The minimum atomic E-state index is -3.43. The van der Waals surface area contributed by atoms with Crippen molar-refractivity contribution < 1.29 is 8.42 Å². The fourth-order valence-electron chi connectivity index (χ4n) is 3.13. The molecule has 0 unspecified atom stereocenters. The van der Waals surface area contributed by atoms with Crippen molar-refractivity contribution in [3.8, 4) is 0 Å². The average Bonchev–Trinajstić information content (AvgIpc) is 2.55. The van der Waals surface area contributed by atoms with E-state index in [1.54, 1.807) is 16.4 Å². The molecule has 1 heterocycles. The highest BCUT2D eigenvalue weighted by atomic mass is 35.5. The lowest BCUT2D eigenvalue weighted by molar-refractivity contribution is 0.384. The smallest absolute Gasteiger partial charge is 0.243 e. The second kappa shape index (κ2) is 6.75. The van der Waals surface area contributed by atoms with E-state index in [1.165, 1.54) is 0 Å². The molecule has 0 bridgehead atoms. The van der Waals surface area contributed by atoms with Gasteiger partial charge in [-0.25, -0.2) is 8.42 Å². The third kappa shape index (κ3) is 3.29. The van der Waals surface area contributed by atoms with E-state index in [0.29, 0.717) is 31.1 Å². The maximum Gasteiger partial charge on any atom is 0.243 e. The second-order valence-corrected chi connectivity index (χ2v) is 8.43. The molecule has 24 heavy (non-hydrogen) atoms. The lowest BCUT2D eigenvalue weighted by Crippen LogP contribution is -2.49. The van der Waals surface area contributed by atoms with E-state index >= 15 is 0 Å². The van der Waals surface area contributed by atoms with E-state index in [2.05, 4.69) is 4.90 Å². The van der Waals surface area contributed by atoms with Crippen molar-refractivity contribution in [3.63, 3.8) is 0 Å². The Bertz CT molecular complexity index is 844. The molecule has 1 fully saturated rings. The van der Waals surface area contributed by atoms with E-state index in [0.717, 1.165) is 21.8 Å². The number of benzene rings is 2. The summed E-state index contributed by atoms with van der Waals surface area (Å²) >= 11 is 6.02. The number of piperazine rings is 1. The molecule has 0 aliphatic carbocycles. The summed E-state index contributed by atoms with van der Waals surface area (Å²) in [5.41, 5.74) is 3.01. The molecule has 0 saturated carbocycles. The van der Waals surface area contributed by atoms with Crippen LogP contribution in [-0.2, 0) is 10.0 Å². The highest BCUT2D eigenvalue weighted by Crippen LogP contribution is 2.26. The number of aryl methyl sites for hydroxylation is 2. The summed E-state index contributed by atoms with van der Waals surface area (Å²) in [6, 6.07) is 13.0. The fourth-order valence-corrected chi connectivity index (χ4v) is 5.00. The molecule has 4 nitrogen and oxygen atoms in total. The molecule has 6 heteroatoms. The molecule has 0 atom stereocenters. The van der Waals surface area contributed by atoms with Crippen LogP contribution in [0.1, 0.15) is 11.1 Å². The first-order valence-electron chi connectivity index (χ1n) is 7.96. The Labute approximate surface area is 148 Å². The predicted octanol–water partition coefficient (Wildman–Crippen LogP) is 3.47. The Morgan fingerprint density at radius 2 is 1.58 bits per heavy atom. The van der Waals surface area contributed by atoms with Crippen molar-refractivity contribution in [2.45, 2.75) is 18.7 Å². The lowest BCUT2D eigenvalue weighted by Gasteiger charge is -2.36. The van der Waals surface area contributed by atoms with E-state index in [9.17, 15) is 8.42 Å². The Kier molecular flexibility index (Phi) is 4.85. The zero-order valence-corrected chi connectivity index (χ0v) is 15.4. The molecular weight excluding hydrogens is 344 g/mol. The molecule has 0 aromatic heterocycles. The Morgan fingerprint density at radius 3 is 2.21 bits per heavy atom. The summed E-state index contributed by atoms with van der Waals surface area (Å²) in [4.78, 5) is 2.62. The molecule has 1 aliphatic heterocycles. The molecule has 2 aromatic rings. The van der Waals surface area contributed by atoms with E-state index in [-0.39, 0.29) is 0 Å². The number of sulfonamides is 1. The number of nitrogens with zero attached hydrogens (tertiary/aromatic N) is 2. The molecule has 1 saturated heterocycles. The van der Waals surface area contributed by atoms with Crippen LogP contribution in [0.2, 0.25) is 5.02 Å². The molecule has 3 rings (SSSR count). The first-order valence-corrected chi connectivity index (χ1v) is 9.78. The first kappa shape index (κ1) is 17.3. The number of hydrogen-bond acceptors (Lipinski definition) is 3. The highest BCUT2D eigenvalue weighted by Gasteiger charge is 2.29. The molecular formula is C18H21ClN2O2S. The van der Waals surface area contributed by atoms with Gasteiger partial charge in [-0.2, -0.15) is 4.31 Å². The van der Waals surface area contributed by atoms with E-state index < -0.39 is 10.0 Å².